The van der Waals surface area contributed by atoms with Crippen LogP contribution in [0.4, 0.5) is 25.8 Å². The number of nitrogens with zero attached hydrogens (tertiary/aromatic N) is 1. The highest BCUT2D eigenvalue weighted by Crippen LogP contribution is 2.33. The smallest absolute Gasteiger partial charge is 0.341 e. The third-order valence-electron chi connectivity index (χ3n) is 4.68. The lowest BCUT2D eigenvalue weighted by Crippen LogP contribution is -2.37. The van der Waals surface area contributed by atoms with Gasteiger partial charge >= 0.3 is 5.76 Å². The molecule has 0 spiro atoms. The van der Waals surface area contributed by atoms with Crippen molar-refractivity contribution in [2.45, 2.75) is 23.5 Å². The minimum absolute atomic E-state index is 0.168. The number of fused-ring (bicyclic) bond motifs is 1. The highest BCUT2D eigenvalue weighted by Gasteiger charge is 2.30. The van der Waals surface area contributed by atoms with Crippen LogP contribution in [0.5, 0.6) is 0 Å². The number of carbonyl (C=O) groups excluding carboxylic acids is 1. The lowest BCUT2D eigenvalue weighted by Gasteiger charge is -2.32. The number of carbonyl (C=O) groups is 1. The molecule has 2 N–H and O–H groups in total. The summed E-state index contributed by atoms with van der Waals surface area (Å²) in [4.78, 5) is 13.7. The average Bonchev–Trinajstić information content (AvgIpc) is 2.67. The van der Waals surface area contributed by atoms with Crippen molar-refractivity contribution in [2.24, 2.45) is 0 Å². The molecule has 8 nitrogen and oxygen atoms in total. The van der Waals surface area contributed by atoms with Gasteiger partial charge < -0.3 is 10.2 Å². The molecule has 1 aliphatic rings. The Morgan fingerprint density at radius 3 is 2.42 bits per heavy atom. The Morgan fingerprint density at radius 2 is 1.74 bits per heavy atom. The van der Waals surface area contributed by atoms with Crippen molar-refractivity contribution in [3.8, 4) is 0 Å². The van der Waals surface area contributed by atoms with E-state index in [-0.39, 0.29) is 12.2 Å². The molecule has 31 heavy (non-hydrogen) atoms. The maximum Gasteiger partial charge on any atom is 0.341 e. The van der Waals surface area contributed by atoms with Gasteiger partial charge in [0.2, 0.25) is 25.8 Å². The average molecular weight is 474 g/mol. The van der Waals surface area contributed by atoms with Crippen LogP contribution in [0.2, 0.25) is 0 Å². The number of nitrogens with one attached hydrogen (secondary N) is 2. The molecule has 0 fully saturated rings. The summed E-state index contributed by atoms with van der Waals surface area (Å²) in [6.07, 6.45) is 2.33. The van der Waals surface area contributed by atoms with Crippen molar-refractivity contribution in [3.05, 3.63) is 48.0 Å². The van der Waals surface area contributed by atoms with Gasteiger partial charge in [0.15, 0.2) is 0 Å². The van der Waals surface area contributed by atoms with Crippen molar-refractivity contribution >= 4 is 42.8 Å². The van der Waals surface area contributed by atoms with E-state index in [4.69, 9.17) is 0 Å². The maximum absolute atomic E-state index is 13.0. The quantitative estimate of drug-likeness (QED) is 0.639. The normalized spacial score (nSPS) is 14.3. The van der Waals surface area contributed by atoms with Crippen molar-refractivity contribution in [1.29, 1.82) is 0 Å². The van der Waals surface area contributed by atoms with Gasteiger partial charge in [-0.3, -0.25) is 9.52 Å². The highest BCUT2D eigenvalue weighted by atomic mass is 32.2. The van der Waals surface area contributed by atoms with E-state index in [1.165, 1.54) is 18.2 Å². The van der Waals surface area contributed by atoms with Crippen LogP contribution in [0.1, 0.15) is 12.0 Å². The molecule has 12 heteroatoms. The van der Waals surface area contributed by atoms with Gasteiger partial charge in [-0.15, -0.1) is 0 Å². The van der Waals surface area contributed by atoms with Crippen molar-refractivity contribution in [3.63, 3.8) is 0 Å². The van der Waals surface area contributed by atoms with Crippen molar-refractivity contribution in [2.75, 3.05) is 34.3 Å². The fourth-order valence-corrected chi connectivity index (χ4v) is 4.91. The first-order valence-corrected chi connectivity index (χ1v) is 12.7. The predicted octanol–water partition coefficient (Wildman–Crippen LogP) is 2.45. The number of alkyl halides is 2. The number of benzene rings is 2. The van der Waals surface area contributed by atoms with Gasteiger partial charge in [-0.2, -0.15) is 8.78 Å². The molecule has 0 unspecified atom stereocenters. The molecule has 2 aromatic rings. The summed E-state index contributed by atoms with van der Waals surface area (Å²) in [7, 11) is -8.37. The molecule has 0 radical (unpaired) electrons. The number of rotatable bonds is 7. The van der Waals surface area contributed by atoms with Gasteiger partial charge in [0, 0.05) is 12.2 Å². The number of hydrogen-bond acceptors (Lipinski definition) is 6. The van der Waals surface area contributed by atoms with E-state index in [0.717, 1.165) is 17.9 Å². The number of sulfonamides is 1. The second kappa shape index (κ2) is 8.79. The molecule has 0 aromatic heterocycles. The van der Waals surface area contributed by atoms with Gasteiger partial charge in [-0.05, 0) is 42.7 Å². The summed E-state index contributed by atoms with van der Waals surface area (Å²) < 4.78 is 75.3. The van der Waals surface area contributed by atoms with E-state index in [1.54, 1.807) is 23.1 Å². The third-order valence-corrected chi connectivity index (χ3v) is 6.71. The van der Waals surface area contributed by atoms with Crippen molar-refractivity contribution < 1.29 is 30.4 Å². The maximum atomic E-state index is 13.0. The molecule has 168 valence electrons. The second-order valence-electron chi connectivity index (χ2n) is 7.05. The second-order valence-corrected chi connectivity index (χ2v) is 10.7. The summed E-state index contributed by atoms with van der Waals surface area (Å²) in [5, 5.41) is 2.40. The first kappa shape index (κ1) is 22.9. The van der Waals surface area contributed by atoms with Crippen LogP contribution in [0.15, 0.2) is 47.4 Å². The summed E-state index contributed by atoms with van der Waals surface area (Å²) in [5.41, 5.74) is 1.62. The number of hydrogen-bond donors (Lipinski definition) is 2. The topological polar surface area (TPSA) is 113 Å². The van der Waals surface area contributed by atoms with E-state index >= 15 is 0 Å². The van der Waals surface area contributed by atoms with E-state index in [2.05, 4.69) is 10.0 Å². The van der Waals surface area contributed by atoms with Crippen LogP contribution in [-0.4, -0.2) is 47.8 Å². The molecule has 3 rings (SSSR count). The largest absolute Gasteiger partial charge is 0.362 e. The fraction of sp³-hybridized carbons (Fsp3) is 0.316. The molecule has 1 aliphatic heterocycles. The number of amides is 1. The monoisotopic (exact) mass is 473 g/mol. The summed E-state index contributed by atoms with van der Waals surface area (Å²) in [6, 6.07) is 10.0. The lowest BCUT2D eigenvalue weighted by molar-refractivity contribution is -0.115. The van der Waals surface area contributed by atoms with Crippen LogP contribution in [-0.2, 0) is 31.1 Å². The van der Waals surface area contributed by atoms with E-state index in [1.807, 2.05) is 0 Å². The molecule has 2 aromatic carbocycles. The van der Waals surface area contributed by atoms with Gasteiger partial charge in [0.25, 0.3) is 0 Å². The van der Waals surface area contributed by atoms with Crippen LogP contribution >= 0.6 is 0 Å². The first-order valence-electron chi connectivity index (χ1n) is 9.24. The van der Waals surface area contributed by atoms with Crippen LogP contribution in [0.3, 0.4) is 0 Å². The molecule has 0 aliphatic carbocycles. The highest BCUT2D eigenvalue weighted by molar-refractivity contribution is 7.92. The Balaban J connectivity index is 1.82. The zero-order valence-electron chi connectivity index (χ0n) is 16.5. The Kier molecular flexibility index (Phi) is 6.51. The van der Waals surface area contributed by atoms with Gasteiger partial charge in [0.1, 0.15) is 0 Å². The predicted molar refractivity (Wildman–Crippen MR) is 114 cm³/mol. The number of anilines is 3. The first-order chi connectivity index (χ1) is 14.5. The van der Waals surface area contributed by atoms with Crippen LogP contribution < -0.4 is 14.9 Å². The minimum atomic E-state index is -4.88. The standard InChI is InChI=1S/C19H21F2N3O5S2/c1-30(26,27)23-14-8-4-9-16-13(14)6-5-11-24(16)12-18(25)22-15-7-2-3-10-17(15)31(28,29)19(20)21/h2-4,7-10,19,23H,5-6,11-12H2,1H3,(H,22,25). The molecule has 0 atom stereocenters. The lowest BCUT2D eigenvalue weighted by atomic mass is 10.00. The van der Waals surface area contributed by atoms with Crippen molar-refractivity contribution in [1.82, 2.24) is 0 Å². The van der Waals surface area contributed by atoms with Gasteiger partial charge in [0.05, 0.1) is 29.1 Å². The number of sulfone groups is 1. The third kappa shape index (κ3) is 5.31. The summed E-state index contributed by atoms with van der Waals surface area (Å²) >= 11 is 0. The van der Waals surface area contributed by atoms with Crippen LogP contribution in [0.25, 0.3) is 0 Å². The molecule has 0 bridgehead atoms. The Bertz CT molecular complexity index is 1200. The molecule has 0 saturated carbocycles. The number of halogens is 2. The van der Waals surface area contributed by atoms with Gasteiger partial charge in [-0.1, -0.05) is 18.2 Å². The Labute approximate surface area is 179 Å². The molecular formula is C19H21F2N3O5S2. The molecule has 1 heterocycles. The molecule has 0 saturated heterocycles. The van der Waals surface area contributed by atoms with E-state index in [0.29, 0.717) is 30.8 Å². The van der Waals surface area contributed by atoms with Gasteiger partial charge in [-0.25, -0.2) is 16.8 Å². The van der Waals surface area contributed by atoms with E-state index < -0.39 is 36.4 Å². The summed E-state index contributed by atoms with van der Waals surface area (Å²) in [5.74, 6) is -4.20. The molecular weight excluding hydrogens is 452 g/mol. The van der Waals surface area contributed by atoms with Crippen LogP contribution in [0, 0.1) is 0 Å². The SMILES string of the molecule is CS(=O)(=O)Nc1cccc2c1CCCN2CC(=O)Nc1ccccc1S(=O)(=O)C(F)F. The minimum Gasteiger partial charge on any atom is -0.362 e. The van der Waals surface area contributed by atoms with E-state index in [9.17, 15) is 30.4 Å². The Hall–Kier alpha value is -2.73. The zero-order valence-corrected chi connectivity index (χ0v) is 18.1. The zero-order chi connectivity index (χ0) is 22.8. The molecule has 1 amide bonds. The fourth-order valence-electron chi connectivity index (χ4n) is 3.44. The Morgan fingerprint density at radius 1 is 1.06 bits per heavy atom. The number of para-hydroxylation sites is 1. The summed E-state index contributed by atoms with van der Waals surface area (Å²) in [6.45, 7) is 0.345.